The number of amides is 3. The number of benzene rings is 2. The number of hydrogen-bond donors (Lipinski definition) is 2. The molecule has 0 saturated carbocycles. The molecule has 2 N–H and O–H groups in total. The predicted octanol–water partition coefficient (Wildman–Crippen LogP) is 2.21. The van der Waals surface area contributed by atoms with Crippen molar-refractivity contribution < 1.29 is 27.6 Å². The van der Waals surface area contributed by atoms with Gasteiger partial charge in [-0.2, -0.15) is 18.3 Å². The summed E-state index contributed by atoms with van der Waals surface area (Å²) in [5.41, 5.74) is 1.21. The summed E-state index contributed by atoms with van der Waals surface area (Å²) >= 11 is 0. The Morgan fingerprint density at radius 1 is 1.02 bits per heavy atom. The van der Waals surface area contributed by atoms with Crippen LogP contribution in [0.2, 0.25) is 0 Å². The molecule has 3 amide bonds. The summed E-state index contributed by atoms with van der Waals surface area (Å²) in [5, 5.41) is 10.1. The fraction of sp³-hybridized carbons (Fsp3) is 0.429. The number of likely N-dealkylation sites (tertiary alicyclic amines) is 1. The van der Waals surface area contributed by atoms with Gasteiger partial charge in [-0.25, -0.2) is 0 Å². The first-order valence-electron chi connectivity index (χ1n) is 13.6. The lowest BCUT2D eigenvalue weighted by atomic mass is 9.85. The largest absolute Gasteiger partial charge is 0.405 e. The van der Waals surface area contributed by atoms with Crippen molar-refractivity contribution in [3.8, 4) is 0 Å². The molecule has 10 nitrogen and oxygen atoms in total. The third kappa shape index (κ3) is 4.98. The van der Waals surface area contributed by atoms with Crippen LogP contribution in [0.25, 0.3) is 10.9 Å². The number of hydrogen-bond acceptors (Lipinski definition) is 6. The number of aromatic nitrogens is 2. The van der Waals surface area contributed by atoms with Crippen molar-refractivity contribution in [1.29, 1.82) is 0 Å². The molecule has 3 aliphatic rings. The predicted molar refractivity (Wildman–Crippen MR) is 144 cm³/mol. The third-order valence-corrected chi connectivity index (χ3v) is 8.40. The van der Waals surface area contributed by atoms with Crippen LogP contribution >= 0.6 is 0 Å². The summed E-state index contributed by atoms with van der Waals surface area (Å²) in [6.07, 6.45) is -2.10. The Morgan fingerprint density at radius 3 is 2.51 bits per heavy atom. The first-order valence-corrected chi connectivity index (χ1v) is 13.6. The number of anilines is 1. The normalized spacial score (nSPS) is 21.2. The Morgan fingerprint density at radius 2 is 1.78 bits per heavy atom. The molecule has 1 aromatic heterocycles. The average molecular weight is 570 g/mol. The molecule has 13 heteroatoms. The summed E-state index contributed by atoms with van der Waals surface area (Å²) in [6.45, 7) is 0.189. The molecule has 1 atom stereocenters. The number of para-hydroxylation sites is 1. The van der Waals surface area contributed by atoms with Crippen LogP contribution in [-0.2, 0) is 9.59 Å². The molecule has 41 heavy (non-hydrogen) atoms. The number of piperazine rings is 1. The monoisotopic (exact) mass is 569 g/mol. The molecule has 0 unspecified atom stereocenters. The van der Waals surface area contributed by atoms with Crippen LogP contribution in [0, 0.1) is 0 Å². The van der Waals surface area contributed by atoms with Crippen molar-refractivity contribution in [2.75, 3.05) is 50.8 Å². The van der Waals surface area contributed by atoms with Crippen molar-refractivity contribution in [3.05, 3.63) is 60.3 Å². The lowest BCUT2D eigenvalue weighted by Crippen LogP contribution is -2.59. The minimum absolute atomic E-state index is 0.0291. The number of nitrogens with one attached hydrogen (secondary N) is 2. The van der Waals surface area contributed by atoms with Gasteiger partial charge in [0.05, 0.1) is 18.4 Å². The Hall–Kier alpha value is -4.13. The highest BCUT2D eigenvalue weighted by molar-refractivity contribution is 5.99. The molecule has 2 aromatic carbocycles. The average Bonchev–Trinajstić information content (AvgIpc) is 3.56. The van der Waals surface area contributed by atoms with Gasteiger partial charge >= 0.3 is 6.18 Å². The van der Waals surface area contributed by atoms with Gasteiger partial charge in [0.1, 0.15) is 18.1 Å². The summed E-state index contributed by atoms with van der Waals surface area (Å²) < 4.78 is 39.8. The van der Waals surface area contributed by atoms with Gasteiger partial charge in [-0.1, -0.05) is 18.2 Å². The second-order valence-corrected chi connectivity index (χ2v) is 10.8. The van der Waals surface area contributed by atoms with Crippen molar-refractivity contribution in [1.82, 2.24) is 30.2 Å². The highest BCUT2D eigenvalue weighted by Gasteiger charge is 2.54. The van der Waals surface area contributed by atoms with E-state index in [1.54, 1.807) is 23.2 Å². The van der Waals surface area contributed by atoms with Crippen molar-refractivity contribution in [3.63, 3.8) is 0 Å². The lowest BCUT2D eigenvalue weighted by molar-refractivity contribution is -0.168. The number of piperidine rings is 1. The first-order chi connectivity index (χ1) is 19.7. The Labute approximate surface area is 234 Å². The van der Waals surface area contributed by atoms with Gasteiger partial charge in [0, 0.05) is 49.4 Å². The zero-order valence-electron chi connectivity index (χ0n) is 22.2. The number of rotatable bonds is 4. The standard InChI is InChI=1S/C28H30F3N7O3/c29-28(30,31)23-16-36(13-10-32-23)24(39)17-37-18-38(21-4-2-1-3-5-21)27(26(37)41)8-11-35(12-9-27)25(40)19-6-7-22-20(14-19)15-33-34-22/h1-7,14-15,23,32H,8-13,16-18H2,(H,33,34)/t23-/m0/s1. The van der Waals surface area contributed by atoms with Gasteiger partial charge in [0.15, 0.2) is 0 Å². The van der Waals surface area contributed by atoms with E-state index in [1.807, 2.05) is 41.3 Å². The van der Waals surface area contributed by atoms with Crippen LogP contribution in [0.1, 0.15) is 23.2 Å². The zero-order valence-corrected chi connectivity index (χ0v) is 22.2. The number of halogens is 3. The highest BCUT2D eigenvalue weighted by Crippen LogP contribution is 2.40. The summed E-state index contributed by atoms with van der Waals surface area (Å²) in [6, 6.07) is 12.9. The summed E-state index contributed by atoms with van der Waals surface area (Å²) in [7, 11) is 0. The number of nitrogens with zero attached hydrogens (tertiary/aromatic N) is 5. The van der Waals surface area contributed by atoms with Gasteiger partial charge in [-0.05, 0) is 43.2 Å². The quantitative estimate of drug-likeness (QED) is 0.500. The summed E-state index contributed by atoms with van der Waals surface area (Å²) in [4.78, 5) is 46.7. The molecule has 3 saturated heterocycles. The van der Waals surface area contributed by atoms with Gasteiger partial charge in [-0.15, -0.1) is 0 Å². The molecule has 3 aliphatic heterocycles. The molecule has 1 spiro atoms. The van der Waals surface area contributed by atoms with Crippen LogP contribution < -0.4 is 10.2 Å². The molecule has 216 valence electrons. The zero-order chi connectivity index (χ0) is 28.8. The topological polar surface area (TPSA) is 105 Å². The molecule has 6 rings (SSSR count). The van der Waals surface area contributed by atoms with Crippen LogP contribution in [0.5, 0.6) is 0 Å². The maximum absolute atomic E-state index is 14.0. The smallest absolute Gasteiger partial charge is 0.339 e. The third-order valence-electron chi connectivity index (χ3n) is 8.40. The Balaban J connectivity index is 1.19. The number of fused-ring (bicyclic) bond motifs is 1. The van der Waals surface area contributed by atoms with E-state index in [0.717, 1.165) is 16.6 Å². The second kappa shape index (κ2) is 10.4. The number of aromatic amines is 1. The first kappa shape index (κ1) is 27.1. The van der Waals surface area contributed by atoms with Gasteiger partial charge in [0.25, 0.3) is 11.8 Å². The SMILES string of the molecule is O=C(CN1CN(c2ccccc2)C2(CCN(C(=O)c3ccc4[nH]ncc4c3)CC2)C1=O)N1CCN[C@H](C(F)(F)F)C1. The number of alkyl halides is 3. The lowest BCUT2D eigenvalue weighted by Gasteiger charge is -2.43. The Bertz CT molecular complexity index is 1450. The molecule has 3 fully saturated rings. The van der Waals surface area contributed by atoms with E-state index in [-0.39, 0.29) is 38.1 Å². The van der Waals surface area contributed by atoms with Crippen LogP contribution in [0.4, 0.5) is 18.9 Å². The molecule has 3 aromatic rings. The number of carbonyl (C=O) groups excluding carboxylic acids is 3. The van der Waals surface area contributed by atoms with E-state index in [2.05, 4.69) is 15.5 Å². The minimum Gasteiger partial charge on any atom is -0.339 e. The molecule has 4 heterocycles. The van der Waals surface area contributed by atoms with E-state index in [1.165, 1.54) is 9.80 Å². The second-order valence-electron chi connectivity index (χ2n) is 10.8. The fourth-order valence-electron chi connectivity index (χ4n) is 6.12. The minimum atomic E-state index is -4.47. The number of carbonyl (C=O) groups is 3. The van der Waals surface area contributed by atoms with E-state index in [4.69, 9.17) is 0 Å². The van der Waals surface area contributed by atoms with Crippen LogP contribution in [-0.4, -0.2) is 106 Å². The molecule has 0 radical (unpaired) electrons. The van der Waals surface area contributed by atoms with E-state index in [9.17, 15) is 27.6 Å². The Kier molecular flexibility index (Phi) is 6.84. The molecule has 0 bridgehead atoms. The number of H-pyrrole nitrogens is 1. The van der Waals surface area contributed by atoms with Gasteiger partial charge < -0.3 is 24.9 Å². The fourth-order valence-corrected chi connectivity index (χ4v) is 6.12. The van der Waals surface area contributed by atoms with E-state index < -0.39 is 30.2 Å². The van der Waals surface area contributed by atoms with Gasteiger partial charge in [-0.3, -0.25) is 19.5 Å². The molecular weight excluding hydrogens is 539 g/mol. The maximum atomic E-state index is 14.0. The highest BCUT2D eigenvalue weighted by atomic mass is 19.4. The van der Waals surface area contributed by atoms with Crippen molar-refractivity contribution in [2.24, 2.45) is 0 Å². The molecule has 0 aliphatic carbocycles. The van der Waals surface area contributed by atoms with Gasteiger partial charge in [0.2, 0.25) is 5.91 Å². The van der Waals surface area contributed by atoms with E-state index in [0.29, 0.717) is 31.5 Å². The molecular formula is C28H30F3N7O3. The summed E-state index contributed by atoms with van der Waals surface area (Å²) in [5.74, 6) is -0.893. The van der Waals surface area contributed by atoms with Crippen LogP contribution in [0.15, 0.2) is 54.7 Å². The van der Waals surface area contributed by atoms with E-state index >= 15 is 0 Å². The maximum Gasteiger partial charge on any atom is 0.405 e. The van der Waals surface area contributed by atoms with Crippen LogP contribution in [0.3, 0.4) is 0 Å². The van der Waals surface area contributed by atoms with Crippen molar-refractivity contribution in [2.45, 2.75) is 30.6 Å². The van der Waals surface area contributed by atoms with Crippen molar-refractivity contribution >= 4 is 34.3 Å².